The van der Waals surface area contributed by atoms with Gasteiger partial charge in [0.05, 0.1) is 22.6 Å². The van der Waals surface area contributed by atoms with Crippen molar-refractivity contribution in [3.05, 3.63) is 72.2 Å². The van der Waals surface area contributed by atoms with E-state index in [1.165, 1.54) is 16.8 Å². The molecule has 0 aliphatic carbocycles. The summed E-state index contributed by atoms with van der Waals surface area (Å²) in [6.07, 6.45) is 6.06. The molecule has 0 radical (unpaired) electrons. The van der Waals surface area contributed by atoms with Crippen molar-refractivity contribution in [2.45, 2.75) is 19.0 Å². The van der Waals surface area contributed by atoms with Crippen molar-refractivity contribution < 1.29 is 0 Å². The van der Waals surface area contributed by atoms with Gasteiger partial charge in [-0.2, -0.15) is 15.1 Å². The van der Waals surface area contributed by atoms with Crippen LogP contribution in [0.5, 0.6) is 0 Å². The number of nitrogens with one attached hydrogen (secondary N) is 2. The fourth-order valence-electron chi connectivity index (χ4n) is 4.42. The van der Waals surface area contributed by atoms with Crippen molar-refractivity contribution >= 4 is 39.5 Å². The van der Waals surface area contributed by atoms with Gasteiger partial charge in [-0.05, 0) is 35.7 Å². The fraction of sp³-hybridized carbons (Fsp3) is 0.174. The van der Waals surface area contributed by atoms with E-state index in [9.17, 15) is 0 Å². The summed E-state index contributed by atoms with van der Waals surface area (Å²) in [5, 5.41) is 11.4. The number of hydrogen-bond donors (Lipinski definition) is 3. The molecule has 6 rings (SSSR count). The zero-order chi connectivity index (χ0) is 21.5. The van der Waals surface area contributed by atoms with E-state index in [1.807, 2.05) is 6.07 Å². The Balaban J connectivity index is 1.31. The molecule has 0 saturated heterocycles. The predicted octanol–water partition coefficient (Wildman–Crippen LogP) is 2.92. The van der Waals surface area contributed by atoms with Gasteiger partial charge in [0, 0.05) is 37.2 Å². The first-order chi connectivity index (χ1) is 15.7. The van der Waals surface area contributed by atoms with Crippen molar-refractivity contribution in [1.82, 2.24) is 30.1 Å². The highest BCUT2D eigenvalue weighted by Crippen LogP contribution is 2.30. The average Bonchev–Trinajstić information content (AvgIpc) is 3.28. The Labute approximate surface area is 183 Å². The number of benzene rings is 2. The Bertz CT molecular complexity index is 1430. The number of nitrogen functional groups attached to an aromatic ring is 1. The molecule has 0 fully saturated rings. The maximum atomic E-state index is 5.91. The number of nitrogens with two attached hydrogens (primary N) is 1. The van der Waals surface area contributed by atoms with Crippen molar-refractivity contribution in [3.8, 4) is 0 Å². The minimum Gasteiger partial charge on any atom is -0.368 e. The summed E-state index contributed by atoms with van der Waals surface area (Å²) < 4.78 is 0. The van der Waals surface area contributed by atoms with Gasteiger partial charge in [0.25, 0.3) is 0 Å². The highest BCUT2D eigenvalue weighted by molar-refractivity contribution is 5.87. The van der Waals surface area contributed by atoms with Gasteiger partial charge in [0.15, 0.2) is 5.65 Å². The minimum atomic E-state index is 0.151. The highest BCUT2D eigenvalue weighted by atomic mass is 15.2. The zero-order valence-corrected chi connectivity index (χ0v) is 17.2. The molecule has 1 atom stereocenters. The lowest BCUT2D eigenvalue weighted by atomic mass is 9.97. The standard InChI is InChI=1S/C23H21N9/c24-23-29-21(17-11-27-31-22(17)30-23)28-16-10-15-3-1-2-4-20(15)32(13-16)12-14-5-6-18-19(9-14)26-8-7-25-18/h1-9,11,16H,10,12-13H2,(H4,24,27,28,29,30,31). The van der Waals surface area contributed by atoms with Crippen molar-refractivity contribution in [2.75, 3.05) is 22.5 Å². The number of H-pyrrole nitrogens is 1. The highest BCUT2D eigenvalue weighted by Gasteiger charge is 2.25. The fourth-order valence-corrected chi connectivity index (χ4v) is 4.42. The summed E-state index contributed by atoms with van der Waals surface area (Å²) >= 11 is 0. The van der Waals surface area contributed by atoms with Crippen molar-refractivity contribution in [1.29, 1.82) is 0 Å². The lowest BCUT2D eigenvalue weighted by molar-refractivity contribution is 0.628. The van der Waals surface area contributed by atoms with E-state index in [0.29, 0.717) is 11.5 Å². The summed E-state index contributed by atoms with van der Waals surface area (Å²) in [7, 11) is 0. The van der Waals surface area contributed by atoms with Gasteiger partial charge >= 0.3 is 0 Å². The molecule has 4 N–H and O–H groups in total. The lowest BCUT2D eigenvalue weighted by Gasteiger charge is -2.37. The van der Waals surface area contributed by atoms with Gasteiger partial charge in [0.2, 0.25) is 5.95 Å². The van der Waals surface area contributed by atoms with Gasteiger partial charge in [-0.25, -0.2) is 0 Å². The van der Waals surface area contributed by atoms with E-state index in [0.717, 1.165) is 35.9 Å². The van der Waals surface area contributed by atoms with Crippen LogP contribution in [0, 0.1) is 0 Å². The van der Waals surface area contributed by atoms with E-state index in [1.54, 1.807) is 18.6 Å². The van der Waals surface area contributed by atoms with Crippen LogP contribution in [0.2, 0.25) is 0 Å². The summed E-state index contributed by atoms with van der Waals surface area (Å²) in [5.74, 6) is 0.918. The Morgan fingerprint density at radius 2 is 1.94 bits per heavy atom. The summed E-state index contributed by atoms with van der Waals surface area (Å²) in [4.78, 5) is 19.9. The smallest absolute Gasteiger partial charge is 0.224 e. The number of hydrogen-bond acceptors (Lipinski definition) is 8. The third kappa shape index (κ3) is 3.33. The molecule has 4 heterocycles. The summed E-state index contributed by atoms with van der Waals surface area (Å²) in [6, 6.07) is 15.0. The van der Waals surface area contributed by atoms with Crippen LogP contribution >= 0.6 is 0 Å². The molecule has 32 heavy (non-hydrogen) atoms. The molecule has 1 aliphatic rings. The maximum Gasteiger partial charge on any atom is 0.224 e. The third-order valence-corrected chi connectivity index (χ3v) is 5.81. The van der Waals surface area contributed by atoms with Crippen LogP contribution in [0.3, 0.4) is 0 Å². The number of rotatable bonds is 4. The van der Waals surface area contributed by atoms with Crippen LogP contribution in [0.25, 0.3) is 22.1 Å². The molecule has 3 aromatic heterocycles. The molecule has 1 unspecified atom stereocenters. The van der Waals surface area contributed by atoms with Crippen LogP contribution in [0.1, 0.15) is 11.1 Å². The quantitative estimate of drug-likeness (QED) is 0.403. The number of aromatic nitrogens is 6. The molecule has 1 aliphatic heterocycles. The number of para-hydroxylation sites is 1. The Morgan fingerprint density at radius 1 is 1.06 bits per heavy atom. The molecule has 0 amide bonds. The van der Waals surface area contributed by atoms with Gasteiger partial charge in [0.1, 0.15) is 5.82 Å². The number of anilines is 3. The molecule has 158 valence electrons. The molecular weight excluding hydrogens is 402 g/mol. The summed E-state index contributed by atoms with van der Waals surface area (Å²) in [5.41, 5.74) is 12.1. The first-order valence-corrected chi connectivity index (χ1v) is 10.5. The predicted molar refractivity (Wildman–Crippen MR) is 124 cm³/mol. The first kappa shape index (κ1) is 18.5. The second kappa shape index (κ2) is 7.45. The normalized spacial score (nSPS) is 15.8. The molecule has 0 saturated carbocycles. The van der Waals surface area contributed by atoms with Gasteiger partial charge in [-0.15, -0.1) is 0 Å². The average molecular weight is 423 g/mol. The van der Waals surface area contributed by atoms with Gasteiger partial charge in [-0.3, -0.25) is 15.1 Å². The monoisotopic (exact) mass is 423 g/mol. The van der Waals surface area contributed by atoms with Crippen LogP contribution in [0.4, 0.5) is 17.5 Å². The molecule has 2 aromatic carbocycles. The topological polar surface area (TPSA) is 122 Å². The number of fused-ring (bicyclic) bond motifs is 3. The Morgan fingerprint density at radius 3 is 2.88 bits per heavy atom. The minimum absolute atomic E-state index is 0.151. The largest absolute Gasteiger partial charge is 0.368 e. The van der Waals surface area contributed by atoms with Crippen LogP contribution in [-0.4, -0.2) is 42.7 Å². The van der Waals surface area contributed by atoms with Crippen LogP contribution in [-0.2, 0) is 13.0 Å². The molecule has 9 nitrogen and oxygen atoms in total. The number of nitrogens with zero attached hydrogens (tertiary/aromatic N) is 6. The van der Waals surface area contributed by atoms with Crippen molar-refractivity contribution in [2.24, 2.45) is 0 Å². The van der Waals surface area contributed by atoms with Gasteiger partial charge < -0.3 is 16.0 Å². The Hall–Kier alpha value is -4.27. The summed E-state index contributed by atoms with van der Waals surface area (Å²) in [6.45, 7) is 1.59. The van der Waals surface area contributed by atoms with E-state index >= 15 is 0 Å². The molecule has 0 bridgehead atoms. The van der Waals surface area contributed by atoms with E-state index in [2.05, 4.69) is 76.7 Å². The molecular formula is C23H21N9. The van der Waals surface area contributed by atoms with Gasteiger partial charge in [-0.1, -0.05) is 24.3 Å². The Kier molecular flexibility index (Phi) is 4.31. The molecule has 9 heteroatoms. The molecule has 5 aromatic rings. The zero-order valence-electron chi connectivity index (χ0n) is 17.2. The number of aromatic amines is 1. The third-order valence-electron chi connectivity index (χ3n) is 5.81. The SMILES string of the molecule is Nc1nc(NC2Cc3ccccc3N(Cc3ccc4nccnc4c3)C2)c2cn[nH]c2n1. The molecule has 0 spiro atoms. The second-order valence-electron chi connectivity index (χ2n) is 8.00. The van der Waals surface area contributed by atoms with E-state index in [-0.39, 0.29) is 12.0 Å². The van der Waals surface area contributed by atoms with Crippen LogP contribution in [0.15, 0.2) is 61.1 Å². The van der Waals surface area contributed by atoms with E-state index in [4.69, 9.17) is 5.73 Å². The van der Waals surface area contributed by atoms with Crippen molar-refractivity contribution in [3.63, 3.8) is 0 Å². The van der Waals surface area contributed by atoms with E-state index < -0.39 is 0 Å². The maximum absolute atomic E-state index is 5.91. The second-order valence-corrected chi connectivity index (χ2v) is 8.00. The first-order valence-electron chi connectivity index (χ1n) is 10.5. The van der Waals surface area contributed by atoms with Crippen LogP contribution < -0.4 is 16.0 Å². The lowest BCUT2D eigenvalue weighted by Crippen LogP contribution is -2.42.